The summed E-state index contributed by atoms with van der Waals surface area (Å²) in [6.07, 6.45) is 2.47. The summed E-state index contributed by atoms with van der Waals surface area (Å²) in [5, 5.41) is 12.2. The molecular formula is C15H18N2O3. The van der Waals surface area contributed by atoms with E-state index in [0.29, 0.717) is 13.0 Å². The highest BCUT2D eigenvalue weighted by Crippen LogP contribution is 2.28. The Balaban J connectivity index is 1.72. The fourth-order valence-electron chi connectivity index (χ4n) is 2.75. The molecule has 20 heavy (non-hydrogen) atoms. The zero-order valence-electron chi connectivity index (χ0n) is 11.2. The number of nitrogens with zero attached hydrogens (tertiary/aromatic N) is 1. The molecule has 1 atom stereocenters. The van der Waals surface area contributed by atoms with Crippen molar-refractivity contribution in [3.8, 4) is 0 Å². The number of nitrogens with one attached hydrogen (secondary N) is 1. The predicted molar refractivity (Wildman–Crippen MR) is 73.1 cm³/mol. The van der Waals surface area contributed by atoms with Crippen molar-refractivity contribution in [1.82, 2.24) is 10.2 Å². The van der Waals surface area contributed by atoms with Crippen LogP contribution >= 0.6 is 0 Å². The van der Waals surface area contributed by atoms with Gasteiger partial charge in [-0.1, -0.05) is 24.3 Å². The maximum atomic E-state index is 12.5. The highest BCUT2D eigenvalue weighted by atomic mass is 16.4. The summed E-state index contributed by atoms with van der Waals surface area (Å²) >= 11 is 0. The van der Waals surface area contributed by atoms with Crippen LogP contribution in [0.4, 0.5) is 0 Å². The van der Waals surface area contributed by atoms with Crippen molar-refractivity contribution < 1.29 is 14.7 Å². The second kappa shape index (κ2) is 5.25. The first-order valence-electron chi connectivity index (χ1n) is 6.97. The van der Waals surface area contributed by atoms with Crippen LogP contribution in [0.2, 0.25) is 0 Å². The molecule has 0 bridgehead atoms. The van der Waals surface area contributed by atoms with Gasteiger partial charge in [0.15, 0.2) is 0 Å². The SMILES string of the molecule is O=C(O)CN(C(=O)[C@H]1Cc2ccccc2CN1)C1CC1. The molecule has 1 fully saturated rings. The number of amides is 1. The van der Waals surface area contributed by atoms with Gasteiger partial charge in [0, 0.05) is 12.6 Å². The molecule has 0 aromatic heterocycles. The molecule has 2 N–H and O–H groups in total. The number of hydrogen-bond donors (Lipinski definition) is 2. The van der Waals surface area contributed by atoms with E-state index in [0.717, 1.165) is 12.8 Å². The molecule has 1 amide bonds. The van der Waals surface area contributed by atoms with Crippen molar-refractivity contribution in [2.45, 2.75) is 37.9 Å². The number of fused-ring (bicyclic) bond motifs is 1. The van der Waals surface area contributed by atoms with Crippen molar-refractivity contribution >= 4 is 11.9 Å². The van der Waals surface area contributed by atoms with Crippen LogP contribution in [0.5, 0.6) is 0 Å². The van der Waals surface area contributed by atoms with Crippen LogP contribution in [-0.4, -0.2) is 40.5 Å². The van der Waals surface area contributed by atoms with Gasteiger partial charge in [0.25, 0.3) is 0 Å². The molecule has 0 radical (unpaired) electrons. The Bertz CT molecular complexity index is 540. The molecule has 0 unspecified atom stereocenters. The van der Waals surface area contributed by atoms with Gasteiger partial charge in [0.1, 0.15) is 6.54 Å². The van der Waals surface area contributed by atoms with Gasteiger partial charge in [-0.2, -0.15) is 0 Å². The first kappa shape index (κ1) is 13.1. The Morgan fingerprint density at radius 1 is 1.25 bits per heavy atom. The molecule has 1 aromatic rings. The van der Waals surface area contributed by atoms with Crippen molar-refractivity contribution in [3.63, 3.8) is 0 Å². The van der Waals surface area contributed by atoms with E-state index in [9.17, 15) is 9.59 Å². The summed E-state index contributed by atoms with van der Waals surface area (Å²) in [6, 6.07) is 7.88. The summed E-state index contributed by atoms with van der Waals surface area (Å²) in [5.74, 6) is -1.02. The molecule has 3 rings (SSSR count). The molecule has 5 nitrogen and oxygen atoms in total. The lowest BCUT2D eigenvalue weighted by Crippen LogP contribution is -2.51. The fraction of sp³-hybridized carbons (Fsp3) is 0.467. The molecule has 5 heteroatoms. The highest BCUT2D eigenvalue weighted by molar-refractivity contribution is 5.86. The van der Waals surface area contributed by atoms with Gasteiger partial charge in [0.05, 0.1) is 6.04 Å². The largest absolute Gasteiger partial charge is 0.480 e. The molecule has 1 aliphatic heterocycles. The number of carboxylic acids is 1. The molecule has 0 saturated heterocycles. The average molecular weight is 274 g/mol. The zero-order valence-corrected chi connectivity index (χ0v) is 11.2. The number of carbonyl (C=O) groups is 2. The lowest BCUT2D eigenvalue weighted by Gasteiger charge is -2.30. The molecule has 1 aromatic carbocycles. The van der Waals surface area contributed by atoms with Gasteiger partial charge < -0.3 is 15.3 Å². The Kier molecular flexibility index (Phi) is 3.44. The topological polar surface area (TPSA) is 69.6 Å². The van der Waals surface area contributed by atoms with Crippen molar-refractivity contribution in [2.24, 2.45) is 0 Å². The minimum absolute atomic E-state index is 0.0793. The predicted octanol–water partition coefficient (Wildman–Crippen LogP) is 0.776. The molecule has 106 valence electrons. The molecule has 1 saturated carbocycles. The lowest BCUT2D eigenvalue weighted by atomic mass is 9.95. The van der Waals surface area contributed by atoms with Crippen LogP contribution in [0.15, 0.2) is 24.3 Å². The Hall–Kier alpha value is -1.88. The number of carbonyl (C=O) groups excluding carboxylic acids is 1. The standard InChI is InChI=1S/C15H18N2O3/c18-14(19)9-17(12-5-6-12)15(20)13-7-10-3-1-2-4-11(10)8-16-13/h1-4,12-13,16H,5-9H2,(H,18,19)/t13-/m1/s1. The number of rotatable bonds is 4. The van der Waals surface area contributed by atoms with E-state index in [4.69, 9.17) is 5.11 Å². The van der Waals surface area contributed by atoms with Gasteiger partial charge in [-0.05, 0) is 30.4 Å². The number of carboxylic acid groups (broad SMARTS) is 1. The molecule has 1 heterocycles. The highest BCUT2D eigenvalue weighted by Gasteiger charge is 2.37. The quantitative estimate of drug-likeness (QED) is 0.851. The van der Waals surface area contributed by atoms with Gasteiger partial charge >= 0.3 is 5.97 Å². The van der Waals surface area contributed by atoms with Gasteiger partial charge in [-0.3, -0.25) is 9.59 Å². The first-order valence-corrected chi connectivity index (χ1v) is 6.97. The van der Waals surface area contributed by atoms with Gasteiger partial charge in [-0.25, -0.2) is 0 Å². The van der Waals surface area contributed by atoms with E-state index < -0.39 is 5.97 Å². The Morgan fingerprint density at radius 2 is 1.95 bits per heavy atom. The number of benzene rings is 1. The molecule has 0 spiro atoms. The first-order chi connectivity index (χ1) is 9.65. The summed E-state index contributed by atoms with van der Waals surface area (Å²) in [7, 11) is 0. The second-order valence-electron chi connectivity index (χ2n) is 5.50. The van der Waals surface area contributed by atoms with Crippen LogP contribution in [0, 0.1) is 0 Å². The van der Waals surface area contributed by atoms with E-state index in [2.05, 4.69) is 11.4 Å². The third-order valence-corrected chi connectivity index (χ3v) is 3.96. The number of aliphatic carboxylic acids is 1. The van der Waals surface area contributed by atoms with Gasteiger partial charge in [0.2, 0.25) is 5.91 Å². The maximum Gasteiger partial charge on any atom is 0.323 e. The summed E-state index contributed by atoms with van der Waals surface area (Å²) < 4.78 is 0. The molecule has 1 aliphatic carbocycles. The van der Waals surface area contributed by atoms with E-state index in [1.165, 1.54) is 16.0 Å². The zero-order chi connectivity index (χ0) is 14.1. The minimum atomic E-state index is -0.943. The number of hydrogen-bond acceptors (Lipinski definition) is 3. The van der Waals surface area contributed by atoms with Crippen LogP contribution in [-0.2, 0) is 22.6 Å². The van der Waals surface area contributed by atoms with E-state index in [1.54, 1.807) is 0 Å². The second-order valence-corrected chi connectivity index (χ2v) is 5.50. The van der Waals surface area contributed by atoms with Gasteiger partial charge in [-0.15, -0.1) is 0 Å². The van der Waals surface area contributed by atoms with Crippen molar-refractivity contribution in [2.75, 3.05) is 6.54 Å². The molecular weight excluding hydrogens is 256 g/mol. The normalized spacial score (nSPS) is 21.1. The van der Waals surface area contributed by atoms with E-state index in [-0.39, 0.29) is 24.5 Å². The van der Waals surface area contributed by atoms with Crippen LogP contribution in [0.25, 0.3) is 0 Å². The third kappa shape index (κ3) is 2.67. The Morgan fingerprint density at radius 3 is 2.60 bits per heavy atom. The van der Waals surface area contributed by atoms with Crippen LogP contribution in [0.1, 0.15) is 24.0 Å². The van der Waals surface area contributed by atoms with Crippen LogP contribution in [0.3, 0.4) is 0 Å². The monoisotopic (exact) mass is 274 g/mol. The smallest absolute Gasteiger partial charge is 0.323 e. The Labute approximate surface area is 117 Å². The van der Waals surface area contributed by atoms with Crippen molar-refractivity contribution in [3.05, 3.63) is 35.4 Å². The third-order valence-electron chi connectivity index (χ3n) is 3.96. The van der Waals surface area contributed by atoms with E-state index >= 15 is 0 Å². The fourth-order valence-corrected chi connectivity index (χ4v) is 2.75. The van der Waals surface area contributed by atoms with E-state index in [1.807, 2.05) is 18.2 Å². The summed E-state index contributed by atoms with van der Waals surface area (Å²) in [5.41, 5.74) is 2.39. The lowest BCUT2D eigenvalue weighted by molar-refractivity contribution is -0.145. The van der Waals surface area contributed by atoms with Crippen molar-refractivity contribution in [1.29, 1.82) is 0 Å². The minimum Gasteiger partial charge on any atom is -0.480 e. The maximum absolute atomic E-state index is 12.5. The summed E-state index contributed by atoms with van der Waals surface area (Å²) in [6.45, 7) is 0.474. The van der Waals surface area contributed by atoms with Crippen LogP contribution < -0.4 is 5.32 Å². The average Bonchev–Trinajstić information content (AvgIpc) is 3.28. The molecule has 2 aliphatic rings. The summed E-state index contributed by atoms with van der Waals surface area (Å²) in [4.78, 5) is 25.0.